The van der Waals surface area contributed by atoms with Crippen LogP contribution in [0.2, 0.25) is 13.6 Å². The maximum absolute atomic E-state index is 9.35. The van der Waals surface area contributed by atoms with Crippen molar-refractivity contribution in [3.63, 3.8) is 0 Å². The molecule has 0 aromatic heterocycles. The maximum atomic E-state index is 9.35. The van der Waals surface area contributed by atoms with E-state index in [9.17, 15) is 5.11 Å². The summed E-state index contributed by atoms with van der Waals surface area (Å²) in [6.45, 7) is 5.98. The SMILES string of the molecule is C[B][C@H]1CC(O)[C@@H](CC)O1.C[B][C@H]1CC(OP)[C@@H](CO)O1. The number of hydrogen-bond donors (Lipinski definition) is 2. The van der Waals surface area contributed by atoms with Crippen LogP contribution in [0.15, 0.2) is 0 Å². The van der Waals surface area contributed by atoms with Gasteiger partial charge in [-0.15, -0.1) is 0 Å². The summed E-state index contributed by atoms with van der Waals surface area (Å²) >= 11 is 0. The van der Waals surface area contributed by atoms with Gasteiger partial charge in [-0.2, -0.15) is 0 Å². The minimum absolute atomic E-state index is 0.0196. The monoisotopic (exact) mass is 316 g/mol. The Morgan fingerprint density at radius 2 is 1.71 bits per heavy atom. The summed E-state index contributed by atoms with van der Waals surface area (Å²) in [7, 11) is 6.19. The number of hydrogen-bond acceptors (Lipinski definition) is 5. The molecule has 2 saturated heterocycles. The molecule has 8 heteroatoms. The zero-order chi connectivity index (χ0) is 15.8. The lowest BCUT2D eigenvalue weighted by molar-refractivity contribution is 0.00755. The fourth-order valence-electron chi connectivity index (χ4n) is 2.61. The molecule has 5 nitrogen and oxygen atoms in total. The van der Waals surface area contributed by atoms with Crippen molar-refractivity contribution in [3.05, 3.63) is 0 Å². The second-order valence-corrected chi connectivity index (χ2v) is 5.67. The maximum Gasteiger partial charge on any atom is 0.146 e. The van der Waals surface area contributed by atoms with Crippen LogP contribution in [-0.4, -0.2) is 67.8 Å². The van der Waals surface area contributed by atoms with Gasteiger partial charge in [-0.3, -0.25) is 0 Å². The summed E-state index contributed by atoms with van der Waals surface area (Å²) in [4.78, 5) is 0. The molecule has 0 spiro atoms. The van der Waals surface area contributed by atoms with Crippen LogP contribution >= 0.6 is 9.47 Å². The smallest absolute Gasteiger partial charge is 0.146 e. The minimum Gasteiger partial charge on any atom is -0.394 e. The van der Waals surface area contributed by atoms with Gasteiger partial charge in [0.15, 0.2) is 0 Å². The highest BCUT2D eigenvalue weighted by molar-refractivity contribution is 7.09. The topological polar surface area (TPSA) is 68.2 Å². The van der Waals surface area contributed by atoms with Gasteiger partial charge in [0, 0.05) is 21.5 Å². The third-order valence-electron chi connectivity index (χ3n) is 3.98. The molecular formula is C13H27B2O5P. The Labute approximate surface area is 131 Å². The van der Waals surface area contributed by atoms with Crippen molar-refractivity contribution in [3.8, 4) is 0 Å². The summed E-state index contributed by atoms with van der Waals surface area (Å²) in [5.74, 6) is 0. The van der Waals surface area contributed by atoms with Gasteiger partial charge >= 0.3 is 0 Å². The van der Waals surface area contributed by atoms with E-state index in [1.54, 1.807) is 0 Å². The standard InChI is InChI=1S/C7H14BO2.C6H13BO3P/c1-3-6-5(9)4-7(8-2)10-6;1-7-6-2-4(10-11)5(3-8)9-6/h5-7,9H,3-4H2,1-2H3;4-6,8H,2-3,11H2,1H3/t5?,6-,7-;4?,5-,6-/m11/s1. The first-order valence-corrected chi connectivity index (χ1v) is 8.10. The number of aliphatic hydroxyl groups is 2. The number of ether oxygens (including phenoxy) is 2. The van der Waals surface area contributed by atoms with Gasteiger partial charge in [0.2, 0.25) is 0 Å². The molecule has 0 aromatic rings. The highest BCUT2D eigenvalue weighted by Crippen LogP contribution is 2.24. The summed E-state index contributed by atoms with van der Waals surface area (Å²) in [6.07, 6.45) is 2.21. The van der Waals surface area contributed by atoms with Crippen molar-refractivity contribution >= 4 is 24.0 Å². The zero-order valence-electron chi connectivity index (χ0n) is 13.1. The van der Waals surface area contributed by atoms with Crippen LogP contribution in [0, 0.1) is 0 Å². The third-order valence-corrected chi connectivity index (χ3v) is 4.33. The lowest BCUT2D eigenvalue weighted by Gasteiger charge is -2.13. The molecule has 2 aliphatic rings. The van der Waals surface area contributed by atoms with Crippen LogP contribution < -0.4 is 0 Å². The van der Waals surface area contributed by atoms with Crippen molar-refractivity contribution in [2.24, 2.45) is 0 Å². The predicted octanol–water partition coefficient (Wildman–Crippen LogP) is 0.646. The van der Waals surface area contributed by atoms with E-state index >= 15 is 0 Å². The molecule has 2 fully saturated rings. The molecule has 3 unspecified atom stereocenters. The van der Waals surface area contributed by atoms with Crippen LogP contribution in [0.25, 0.3) is 0 Å². The van der Waals surface area contributed by atoms with Crippen LogP contribution in [0.5, 0.6) is 0 Å². The van der Waals surface area contributed by atoms with Gasteiger partial charge in [0.1, 0.15) is 20.7 Å². The van der Waals surface area contributed by atoms with Crippen LogP contribution in [-0.2, 0) is 14.0 Å². The van der Waals surface area contributed by atoms with Gasteiger partial charge < -0.3 is 24.2 Å². The normalized spacial score (nSPS) is 38.8. The molecule has 2 N–H and O–H groups in total. The average molecular weight is 316 g/mol. The Hall–Kier alpha value is 0.360. The summed E-state index contributed by atoms with van der Waals surface area (Å²) < 4.78 is 15.9. The van der Waals surface area contributed by atoms with E-state index in [0.29, 0.717) is 0 Å². The molecular weight excluding hydrogens is 289 g/mol. The molecule has 0 saturated carbocycles. The molecule has 0 bridgehead atoms. The van der Waals surface area contributed by atoms with Gasteiger partial charge in [-0.05, 0) is 19.3 Å². The first-order valence-electron chi connectivity index (χ1n) is 7.63. The minimum atomic E-state index is -0.244. The van der Waals surface area contributed by atoms with E-state index in [4.69, 9.17) is 19.1 Å². The second-order valence-electron chi connectivity index (χ2n) is 5.40. The molecule has 7 atom stereocenters. The highest BCUT2D eigenvalue weighted by atomic mass is 31.0. The number of rotatable bonds is 5. The summed E-state index contributed by atoms with van der Waals surface area (Å²) in [5.41, 5.74) is 0. The molecule has 0 aromatic carbocycles. The van der Waals surface area contributed by atoms with Crippen molar-refractivity contribution < 1.29 is 24.2 Å². The number of aliphatic hydroxyl groups excluding tert-OH is 2. The van der Waals surface area contributed by atoms with Crippen molar-refractivity contribution in [2.45, 2.75) is 76.3 Å². The largest absolute Gasteiger partial charge is 0.394 e. The molecule has 0 aliphatic carbocycles. The predicted molar refractivity (Wildman–Crippen MR) is 87.8 cm³/mol. The Balaban J connectivity index is 0.000000211. The molecule has 0 amide bonds. The third kappa shape index (κ3) is 5.81. The Morgan fingerprint density at radius 3 is 2.05 bits per heavy atom. The quantitative estimate of drug-likeness (QED) is 0.576. The van der Waals surface area contributed by atoms with Gasteiger partial charge in [-0.1, -0.05) is 20.6 Å². The lowest BCUT2D eigenvalue weighted by Crippen LogP contribution is -2.25. The van der Waals surface area contributed by atoms with Crippen LogP contribution in [0.4, 0.5) is 0 Å². The lowest BCUT2D eigenvalue weighted by atomic mass is 9.73. The molecule has 2 aliphatic heterocycles. The summed E-state index contributed by atoms with van der Waals surface area (Å²) in [6, 6.07) is 0.317. The van der Waals surface area contributed by atoms with E-state index < -0.39 is 0 Å². The van der Waals surface area contributed by atoms with Gasteiger partial charge in [0.05, 0.1) is 24.9 Å². The Morgan fingerprint density at radius 1 is 1.14 bits per heavy atom. The van der Waals surface area contributed by atoms with Gasteiger partial charge in [-0.25, -0.2) is 0 Å². The van der Waals surface area contributed by atoms with Crippen LogP contribution in [0.1, 0.15) is 26.2 Å². The molecule has 21 heavy (non-hydrogen) atoms. The van der Waals surface area contributed by atoms with Crippen molar-refractivity contribution in [1.29, 1.82) is 0 Å². The first kappa shape index (κ1) is 19.4. The fraction of sp³-hybridized carbons (Fsp3) is 1.00. The van der Waals surface area contributed by atoms with E-state index in [-0.39, 0.29) is 43.0 Å². The fourth-order valence-corrected chi connectivity index (χ4v) is 2.90. The summed E-state index contributed by atoms with van der Waals surface area (Å²) in [5, 5.41) is 18.2. The molecule has 2 radical (unpaired) electrons. The molecule has 2 heterocycles. The second kappa shape index (κ2) is 10.2. The first-order chi connectivity index (χ1) is 10.1. The van der Waals surface area contributed by atoms with E-state index in [2.05, 4.69) is 9.47 Å². The zero-order valence-corrected chi connectivity index (χ0v) is 14.3. The average Bonchev–Trinajstić information content (AvgIpc) is 3.09. The molecule has 2 rings (SSSR count). The van der Waals surface area contributed by atoms with Crippen molar-refractivity contribution in [2.75, 3.05) is 6.61 Å². The van der Waals surface area contributed by atoms with Crippen LogP contribution in [0.3, 0.4) is 0 Å². The van der Waals surface area contributed by atoms with E-state index in [0.717, 1.165) is 19.3 Å². The van der Waals surface area contributed by atoms with Crippen molar-refractivity contribution in [1.82, 2.24) is 0 Å². The highest BCUT2D eigenvalue weighted by Gasteiger charge is 2.33. The van der Waals surface area contributed by atoms with E-state index in [1.165, 1.54) is 0 Å². The Kier molecular flexibility index (Phi) is 9.42. The van der Waals surface area contributed by atoms with E-state index in [1.807, 2.05) is 35.1 Å². The Bertz CT molecular complexity index is 275. The van der Waals surface area contributed by atoms with Gasteiger partial charge in [0.25, 0.3) is 0 Å². The molecule has 120 valence electrons.